The number of carbonyl (C=O) groups is 2. The first kappa shape index (κ1) is 20.1. The topological polar surface area (TPSA) is 76.0 Å². The predicted octanol–water partition coefficient (Wildman–Crippen LogP) is 5.06. The van der Waals surface area contributed by atoms with Crippen LogP contribution in [0.2, 0.25) is 0 Å². The third-order valence-corrected chi connectivity index (χ3v) is 4.84. The lowest BCUT2D eigenvalue weighted by molar-refractivity contribution is -0.114. The number of para-hydroxylation sites is 1. The summed E-state index contributed by atoms with van der Waals surface area (Å²) in [5, 5.41) is 10.4. The molecule has 1 heterocycles. The number of hydrogen-bond donors (Lipinski definition) is 2. The number of anilines is 2. The number of aryl methyl sites for hydroxylation is 1. The lowest BCUT2D eigenvalue weighted by Gasteiger charge is -2.08. The largest absolute Gasteiger partial charge is 0.326 e. The van der Waals surface area contributed by atoms with E-state index in [0.29, 0.717) is 22.6 Å². The van der Waals surface area contributed by atoms with Gasteiger partial charge in [-0.1, -0.05) is 42.5 Å². The molecule has 0 aliphatic heterocycles. The molecule has 6 nitrogen and oxygen atoms in total. The van der Waals surface area contributed by atoms with E-state index in [4.69, 9.17) is 5.10 Å². The normalized spacial score (nSPS) is 10.5. The quantitative estimate of drug-likeness (QED) is 0.483. The zero-order valence-corrected chi connectivity index (χ0v) is 17.3. The number of amides is 2. The van der Waals surface area contributed by atoms with Crippen molar-refractivity contribution in [1.82, 2.24) is 9.78 Å². The van der Waals surface area contributed by atoms with E-state index in [0.717, 1.165) is 16.8 Å². The summed E-state index contributed by atoms with van der Waals surface area (Å²) in [4.78, 5) is 24.4. The summed E-state index contributed by atoms with van der Waals surface area (Å²) in [6, 6.07) is 24.5. The number of carbonyl (C=O) groups excluding carboxylic acids is 2. The van der Waals surface area contributed by atoms with Crippen molar-refractivity contribution >= 4 is 23.2 Å². The van der Waals surface area contributed by atoms with Gasteiger partial charge in [-0.05, 0) is 48.9 Å². The highest BCUT2D eigenvalue weighted by Gasteiger charge is 2.20. The van der Waals surface area contributed by atoms with Crippen LogP contribution in [0.25, 0.3) is 16.9 Å². The summed E-state index contributed by atoms with van der Waals surface area (Å²) < 4.78 is 1.72. The van der Waals surface area contributed by atoms with Gasteiger partial charge in [-0.2, -0.15) is 5.10 Å². The maximum Gasteiger partial charge on any atom is 0.259 e. The molecule has 0 unspecified atom stereocenters. The summed E-state index contributed by atoms with van der Waals surface area (Å²) in [7, 11) is 0. The Balaban J connectivity index is 1.69. The summed E-state index contributed by atoms with van der Waals surface area (Å²) in [6.45, 7) is 3.45. The van der Waals surface area contributed by atoms with Crippen LogP contribution in [0.5, 0.6) is 0 Å². The van der Waals surface area contributed by atoms with E-state index in [9.17, 15) is 9.59 Å². The lowest BCUT2D eigenvalue weighted by Crippen LogP contribution is -2.12. The fourth-order valence-corrected chi connectivity index (χ4v) is 3.33. The molecule has 0 saturated heterocycles. The fourth-order valence-electron chi connectivity index (χ4n) is 3.33. The number of nitrogens with one attached hydrogen (secondary N) is 2. The van der Waals surface area contributed by atoms with Gasteiger partial charge in [0.15, 0.2) is 0 Å². The van der Waals surface area contributed by atoms with Crippen LogP contribution in [0.3, 0.4) is 0 Å². The molecule has 4 aromatic rings. The molecule has 0 bridgehead atoms. The molecule has 0 radical (unpaired) electrons. The van der Waals surface area contributed by atoms with Gasteiger partial charge in [0.25, 0.3) is 5.91 Å². The smallest absolute Gasteiger partial charge is 0.259 e. The molecule has 4 rings (SSSR count). The zero-order valence-electron chi connectivity index (χ0n) is 17.3. The molecule has 154 valence electrons. The fraction of sp³-hybridized carbons (Fsp3) is 0.0800. The third kappa shape index (κ3) is 4.53. The molecule has 3 aromatic carbocycles. The number of rotatable bonds is 5. The maximum absolute atomic E-state index is 13.2. The summed E-state index contributed by atoms with van der Waals surface area (Å²) in [5.74, 6) is -0.402. The van der Waals surface area contributed by atoms with Gasteiger partial charge in [0, 0.05) is 30.1 Å². The second-order valence-corrected chi connectivity index (χ2v) is 7.20. The molecule has 0 spiro atoms. The Morgan fingerprint density at radius 2 is 1.42 bits per heavy atom. The van der Waals surface area contributed by atoms with Crippen molar-refractivity contribution in [2.75, 3.05) is 10.6 Å². The molecule has 0 saturated carbocycles. The molecule has 2 N–H and O–H groups in total. The van der Waals surface area contributed by atoms with Crippen LogP contribution in [-0.4, -0.2) is 21.6 Å². The van der Waals surface area contributed by atoms with Crippen molar-refractivity contribution in [2.45, 2.75) is 13.8 Å². The molecule has 0 aliphatic carbocycles. The number of nitrogens with zero attached hydrogens (tertiary/aromatic N) is 2. The Kier molecular flexibility index (Phi) is 5.62. The average Bonchev–Trinajstić information content (AvgIpc) is 3.21. The van der Waals surface area contributed by atoms with Crippen molar-refractivity contribution < 1.29 is 9.59 Å². The van der Waals surface area contributed by atoms with Crippen LogP contribution in [0.4, 0.5) is 11.4 Å². The second kappa shape index (κ2) is 8.67. The Bertz CT molecular complexity index is 1230. The van der Waals surface area contributed by atoms with E-state index >= 15 is 0 Å². The lowest BCUT2D eigenvalue weighted by atomic mass is 10.0. The van der Waals surface area contributed by atoms with E-state index in [1.807, 2.05) is 61.5 Å². The van der Waals surface area contributed by atoms with Crippen LogP contribution in [0.1, 0.15) is 22.8 Å². The standard InChI is InChI=1S/C25H22N4O2/c1-17-8-6-7-11-22(17)24-23(16-29(28-24)21-9-4-3-5-10-21)25(31)27-20-14-12-19(13-15-20)26-18(2)30/h3-16H,1-2H3,(H,26,30)(H,27,31). The second-order valence-electron chi connectivity index (χ2n) is 7.20. The van der Waals surface area contributed by atoms with Crippen molar-refractivity contribution in [2.24, 2.45) is 0 Å². The van der Waals surface area contributed by atoms with E-state index in [1.165, 1.54) is 6.92 Å². The van der Waals surface area contributed by atoms with Crippen LogP contribution in [0, 0.1) is 6.92 Å². The Morgan fingerprint density at radius 3 is 2.06 bits per heavy atom. The van der Waals surface area contributed by atoms with E-state index in [-0.39, 0.29) is 11.8 Å². The molecule has 0 aliphatic rings. The molecule has 2 amide bonds. The average molecular weight is 410 g/mol. The van der Waals surface area contributed by atoms with Gasteiger partial charge in [-0.25, -0.2) is 4.68 Å². The van der Waals surface area contributed by atoms with Gasteiger partial charge in [-0.15, -0.1) is 0 Å². The predicted molar refractivity (Wildman–Crippen MR) is 122 cm³/mol. The third-order valence-electron chi connectivity index (χ3n) is 4.84. The van der Waals surface area contributed by atoms with Gasteiger partial charge >= 0.3 is 0 Å². The Hall–Kier alpha value is -4.19. The molecular formula is C25H22N4O2. The van der Waals surface area contributed by atoms with Crippen molar-refractivity contribution in [3.8, 4) is 16.9 Å². The first-order valence-corrected chi connectivity index (χ1v) is 9.91. The molecule has 0 fully saturated rings. The molecular weight excluding hydrogens is 388 g/mol. The van der Waals surface area contributed by atoms with E-state index in [2.05, 4.69) is 10.6 Å². The first-order chi connectivity index (χ1) is 15.0. The first-order valence-electron chi connectivity index (χ1n) is 9.91. The van der Waals surface area contributed by atoms with Crippen LogP contribution >= 0.6 is 0 Å². The van der Waals surface area contributed by atoms with Gasteiger partial charge in [-0.3, -0.25) is 9.59 Å². The highest BCUT2D eigenvalue weighted by Crippen LogP contribution is 2.27. The van der Waals surface area contributed by atoms with Crippen molar-refractivity contribution in [3.05, 3.63) is 96.2 Å². The van der Waals surface area contributed by atoms with Crippen molar-refractivity contribution in [3.63, 3.8) is 0 Å². The molecule has 6 heteroatoms. The monoisotopic (exact) mass is 410 g/mol. The minimum absolute atomic E-state index is 0.145. The van der Waals surface area contributed by atoms with Gasteiger partial charge in [0.1, 0.15) is 5.69 Å². The Labute approximate surface area is 180 Å². The summed E-state index contributed by atoms with van der Waals surface area (Å²) in [6.07, 6.45) is 1.75. The minimum Gasteiger partial charge on any atom is -0.326 e. The maximum atomic E-state index is 13.2. The van der Waals surface area contributed by atoms with Crippen LogP contribution in [-0.2, 0) is 4.79 Å². The van der Waals surface area contributed by atoms with E-state index < -0.39 is 0 Å². The minimum atomic E-state index is -0.257. The van der Waals surface area contributed by atoms with E-state index in [1.54, 1.807) is 35.1 Å². The number of hydrogen-bond acceptors (Lipinski definition) is 3. The number of benzene rings is 3. The highest BCUT2D eigenvalue weighted by atomic mass is 16.2. The van der Waals surface area contributed by atoms with Crippen LogP contribution < -0.4 is 10.6 Å². The SMILES string of the molecule is CC(=O)Nc1ccc(NC(=O)c2cn(-c3ccccc3)nc2-c2ccccc2C)cc1. The van der Waals surface area contributed by atoms with Crippen LogP contribution in [0.15, 0.2) is 85.1 Å². The summed E-state index contributed by atoms with van der Waals surface area (Å²) in [5.41, 5.74) is 5.21. The van der Waals surface area contributed by atoms with Crippen molar-refractivity contribution in [1.29, 1.82) is 0 Å². The highest BCUT2D eigenvalue weighted by molar-refractivity contribution is 6.08. The van der Waals surface area contributed by atoms with Gasteiger partial charge < -0.3 is 10.6 Å². The summed E-state index contributed by atoms with van der Waals surface area (Å²) >= 11 is 0. The number of aromatic nitrogens is 2. The Morgan fingerprint density at radius 1 is 0.806 bits per heavy atom. The van der Waals surface area contributed by atoms with Gasteiger partial charge in [0.2, 0.25) is 5.91 Å². The van der Waals surface area contributed by atoms with Gasteiger partial charge in [0.05, 0.1) is 11.3 Å². The molecule has 31 heavy (non-hydrogen) atoms. The molecule has 0 atom stereocenters. The molecule has 1 aromatic heterocycles. The zero-order chi connectivity index (χ0) is 21.8.